The number of hydrogen-bond donors (Lipinski definition) is 0. The molecule has 1 fully saturated rings. The summed E-state index contributed by atoms with van der Waals surface area (Å²) in [4.78, 5) is 14.2. The summed E-state index contributed by atoms with van der Waals surface area (Å²) in [6.45, 7) is 1.51. The van der Waals surface area contributed by atoms with Crippen LogP contribution in [0.15, 0.2) is 36.4 Å². The largest absolute Gasteiger partial charge is 0.454 e. The van der Waals surface area contributed by atoms with Crippen molar-refractivity contribution in [1.29, 1.82) is 0 Å². The maximum absolute atomic E-state index is 13.3. The Morgan fingerprint density at radius 3 is 2.44 bits per heavy atom. The second-order valence-corrected chi connectivity index (χ2v) is 7.12. The van der Waals surface area contributed by atoms with E-state index in [9.17, 15) is 13.6 Å². The van der Waals surface area contributed by atoms with Crippen LogP contribution < -0.4 is 9.47 Å². The van der Waals surface area contributed by atoms with Crippen LogP contribution in [-0.2, 0) is 6.42 Å². The van der Waals surface area contributed by atoms with Crippen LogP contribution in [0.2, 0.25) is 0 Å². The fourth-order valence-electron chi connectivity index (χ4n) is 3.75. The zero-order valence-corrected chi connectivity index (χ0v) is 14.9. The van der Waals surface area contributed by atoms with E-state index in [4.69, 9.17) is 9.47 Å². The molecule has 0 unspecified atom stereocenters. The van der Waals surface area contributed by atoms with Crippen molar-refractivity contribution in [1.82, 2.24) is 4.90 Å². The second-order valence-electron chi connectivity index (χ2n) is 7.12. The Balaban J connectivity index is 1.29. The van der Waals surface area contributed by atoms with E-state index in [1.54, 1.807) is 4.90 Å². The van der Waals surface area contributed by atoms with Crippen LogP contribution in [0.1, 0.15) is 35.2 Å². The quantitative estimate of drug-likeness (QED) is 0.807. The highest BCUT2D eigenvalue weighted by atomic mass is 19.1. The standard InChI is InChI=1S/C21H21F2NO3/c22-17-10-16(11-18(23)12-17)21(25)24-7-5-14(6-8-24)1-2-15-3-4-19-20(9-15)27-13-26-19/h3-4,9-12,14H,1-2,5-8,13H2. The zero-order chi connectivity index (χ0) is 18.8. The van der Waals surface area contributed by atoms with Gasteiger partial charge in [0.2, 0.25) is 6.79 Å². The van der Waals surface area contributed by atoms with Gasteiger partial charge in [-0.05, 0) is 61.4 Å². The Kier molecular flexibility index (Phi) is 4.97. The van der Waals surface area contributed by atoms with Gasteiger partial charge in [0.05, 0.1) is 0 Å². The summed E-state index contributed by atoms with van der Waals surface area (Å²) >= 11 is 0. The zero-order valence-electron chi connectivity index (χ0n) is 14.9. The topological polar surface area (TPSA) is 38.8 Å². The predicted molar refractivity (Wildman–Crippen MR) is 95.9 cm³/mol. The number of amides is 1. The Bertz CT molecular complexity index is 827. The Morgan fingerprint density at radius 2 is 1.70 bits per heavy atom. The van der Waals surface area contributed by atoms with Gasteiger partial charge < -0.3 is 14.4 Å². The molecule has 0 N–H and O–H groups in total. The summed E-state index contributed by atoms with van der Waals surface area (Å²) in [7, 11) is 0. The summed E-state index contributed by atoms with van der Waals surface area (Å²) < 4.78 is 37.4. The molecule has 2 aromatic rings. The molecule has 2 heterocycles. The van der Waals surface area contributed by atoms with Crippen LogP contribution in [0.3, 0.4) is 0 Å². The highest BCUT2D eigenvalue weighted by Gasteiger charge is 2.24. The Hall–Kier alpha value is -2.63. The van der Waals surface area contributed by atoms with Crippen molar-refractivity contribution >= 4 is 5.91 Å². The van der Waals surface area contributed by atoms with E-state index in [0.29, 0.717) is 19.0 Å². The Morgan fingerprint density at radius 1 is 1.00 bits per heavy atom. The van der Waals surface area contributed by atoms with Crippen LogP contribution in [0, 0.1) is 17.6 Å². The van der Waals surface area contributed by atoms with E-state index in [0.717, 1.165) is 55.4 Å². The lowest BCUT2D eigenvalue weighted by Gasteiger charge is -2.32. The van der Waals surface area contributed by atoms with Gasteiger partial charge in [-0.25, -0.2) is 8.78 Å². The fraction of sp³-hybridized carbons (Fsp3) is 0.381. The van der Waals surface area contributed by atoms with Gasteiger partial charge in [0.15, 0.2) is 11.5 Å². The lowest BCUT2D eigenvalue weighted by molar-refractivity contribution is 0.0686. The van der Waals surface area contributed by atoms with Crippen LogP contribution in [-0.4, -0.2) is 30.7 Å². The van der Waals surface area contributed by atoms with Crippen LogP contribution in [0.4, 0.5) is 8.78 Å². The molecule has 0 radical (unpaired) electrons. The number of ether oxygens (including phenoxy) is 2. The first-order chi connectivity index (χ1) is 13.1. The number of nitrogens with zero attached hydrogens (tertiary/aromatic N) is 1. The van der Waals surface area contributed by atoms with E-state index in [2.05, 4.69) is 6.07 Å². The molecule has 1 saturated heterocycles. The first-order valence-electron chi connectivity index (χ1n) is 9.22. The lowest BCUT2D eigenvalue weighted by atomic mass is 9.90. The van der Waals surface area contributed by atoms with E-state index >= 15 is 0 Å². The number of rotatable bonds is 4. The number of aryl methyl sites for hydroxylation is 1. The molecule has 4 rings (SSSR count). The average Bonchev–Trinajstić information content (AvgIpc) is 3.13. The lowest BCUT2D eigenvalue weighted by Crippen LogP contribution is -2.38. The van der Waals surface area contributed by atoms with Gasteiger partial charge in [0, 0.05) is 24.7 Å². The number of piperidine rings is 1. The van der Waals surface area contributed by atoms with Crippen molar-refractivity contribution in [3.05, 3.63) is 59.2 Å². The monoisotopic (exact) mass is 373 g/mol. The molecule has 0 aromatic heterocycles. The number of hydrogen-bond acceptors (Lipinski definition) is 3. The van der Waals surface area contributed by atoms with Crippen molar-refractivity contribution in [2.45, 2.75) is 25.7 Å². The minimum Gasteiger partial charge on any atom is -0.454 e. The van der Waals surface area contributed by atoms with Gasteiger partial charge in [0.25, 0.3) is 5.91 Å². The molecule has 0 saturated carbocycles. The molecular formula is C21H21F2NO3. The molecule has 0 atom stereocenters. The van der Waals surface area contributed by atoms with E-state index < -0.39 is 11.6 Å². The molecule has 2 aliphatic rings. The van der Waals surface area contributed by atoms with Gasteiger partial charge in [-0.2, -0.15) is 0 Å². The number of benzene rings is 2. The molecule has 0 spiro atoms. The molecule has 4 nitrogen and oxygen atoms in total. The first-order valence-corrected chi connectivity index (χ1v) is 9.22. The van der Waals surface area contributed by atoms with E-state index in [-0.39, 0.29) is 18.3 Å². The van der Waals surface area contributed by atoms with E-state index in [1.165, 1.54) is 5.56 Å². The predicted octanol–water partition coefficient (Wildman–Crippen LogP) is 4.18. The third-order valence-electron chi connectivity index (χ3n) is 5.29. The maximum atomic E-state index is 13.3. The number of fused-ring (bicyclic) bond motifs is 1. The normalized spacial score (nSPS) is 16.6. The van der Waals surface area contributed by atoms with Crippen molar-refractivity contribution in [3.8, 4) is 11.5 Å². The number of halogens is 2. The number of carbonyl (C=O) groups excluding carboxylic acids is 1. The molecule has 27 heavy (non-hydrogen) atoms. The highest BCUT2D eigenvalue weighted by molar-refractivity contribution is 5.94. The first kappa shape index (κ1) is 17.8. The van der Waals surface area contributed by atoms with Gasteiger partial charge >= 0.3 is 0 Å². The van der Waals surface area contributed by atoms with Crippen molar-refractivity contribution in [3.63, 3.8) is 0 Å². The SMILES string of the molecule is O=C(c1cc(F)cc(F)c1)N1CCC(CCc2ccc3c(c2)OCO3)CC1. The van der Waals surface area contributed by atoms with Gasteiger partial charge in [-0.15, -0.1) is 0 Å². The number of likely N-dealkylation sites (tertiary alicyclic amines) is 1. The summed E-state index contributed by atoms with van der Waals surface area (Å²) in [5.41, 5.74) is 1.29. The summed E-state index contributed by atoms with van der Waals surface area (Å²) in [6, 6.07) is 8.99. The van der Waals surface area contributed by atoms with Gasteiger partial charge in [0.1, 0.15) is 11.6 Å². The summed E-state index contributed by atoms with van der Waals surface area (Å²) in [5.74, 6) is 0.370. The van der Waals surface area contributed by atoms with E-state index in [1.807, 2.05) is 12.1 Å². The van der Waals surface area contributed by atoms with Crippen LogP contribution in [0.25, 0.3) is 0 Å². The molecule has 0 aliphatic carbocycles. The molecule has 6 heteroatoms. The third-order valence-corrected chi connectivity index (χ3v) is 5.29. The number of carbonyl (C=O) groups is 1. The molecule has 2 aromatic carbocycles. The fourth-order valence-corrected chi connectivity index (χ4v) is 3.75. The molecule has 1 amide bonds. The Labute approximate surface area is 156 Å². The highest BCUT2D eigenvalue weighted by Crippen LogP contribution is 2.33. The molecular weight excluding hydrogens is 352 g/mol. The molecule has 2 aliphatic heterocycles. The van der Waals surface area contributed by atoms with Gasteiger partial charge in [-0.3, -0.25) is 4.79 Å². The van der Waals surface area contributed by atoms with Crippen molar-refractivity contribution in [2.75, 3.05) is 19.9 Å². The smallest absolute Gasteiger partial charge is 0.254 e. The third kappa shape index (κ3) is 4.04. The minimum atomic E-state index is -0.725. The van der Waals surface area contributed by atoms with Crippen molar-refractivity contribution in [2.24, 2.45) is 5.92 Å². The minimum absolute atomic E-state index is 0.0753. The van der Waals surface area contributed by atoms with Crippen LogP contribution in [0.5, 0.6) is 11.5 Å². The second kappa shape index (κ2) is 7.55. The van der Waals surface area contributed by atoms with Crippen molar-refractivity contribution < 1.29 is 23.0 Å². The maximum Gasteiger partial charge on any atom is 0.254 e. The summed E-state index contributed by atoms with van der Waals surface area (Å²) in [6.07, 6.45) is 3.78. The van der Waals surface area contributed by atoms with Crippen LogP contribution >= 0.6 is 0 Å². The molecule has 142 valence electrons. The average molecular weight is 373 g/mol. The summed E-state index contributed by atoms with van der Waals surface area (Å²) in [5, 5.41) is 0. The molecule has 0 bridgehead atoms. The van der Waals surface area contributed by atoms with Gasteiger partial charge in [-0.1, -0.05) is 6.07 Å².